The summed E-state index contributed by atoms with van der Waals surface area (Å²) >= 11 is 1.27. The van der Waals surface area contributed by atoms with Gasteiger partial charge in [-0.05, 0) is 23.3 Å². The molecule has 0 aliphatic rings. The molecule has 4 rings (SSSR count). The first-order valence-electron chi connectivity index (χ1n) is 9.80. The molecule has 0 unspecified atom stereocenters. The molecule has 2 aromatic carbocycles. The largest absolute Gasteiger partial charge is 0.335 e. The van der Waals surface area contributed by atoms with Crippen LogP contribution in [0.5, 0.6) is 0 Å². The summed E-state index contributed by atoms with van der Waals surface area (Å²) < 4.78 is 1.40. The summed E-state index contributed by atoms with van der Waals surface area (Å²) in [5.74, 6) is 6.88. The maximum Gasteiger partial charge on any atom is 0.233 e. The Morgan fingerprint density at radius 2 is 1.55 bits per heavy atom. The molecule has 0 aliphatic carbocycles. The van der Waals surface area contributed by atoms with Gasteiger partial charge in [0.25, 0.3) is 0 Å². The van der Waals surface area contributed by atoms with Crippen molar-refractivity contribution in [2.75, 3.05) is 11.6 Å². The molecule has 0 radical (unpaired) electrons. The molecule has 0 aliphatic heterocycles. The Kier molecular flexibility index (Phi) is 6.59. The molecule has 1 amide bonds. The molecular weight excluding hydrogens is 408 g/mol. The lowest BCUT2D eigenvalue weighted by molar-refractivity contribution is -0.129. The molecule has 31 heavy (non-hydrogen) atoms. The summed E-state index contributed by atoms with van der Waals surface area (Å²) in [6.07, 6.45) is 3.36. The number of nitrogens with two attached hydrogens (primary N) is 1. The van der Waals surface area contributed by atoms with Crippen LogP contribution in [0.25, 0.3) is 11.4 Å². The number of carbonyl (C=O) groups excluding carboxylic acids is 1. The number of rotatable bonds is 8. The van der Waals surface area contributed by atoms with Gasteiger partial charge in [-0.2, -0.15) is 0 Å². The first-order chi connectivity index (χ1) is 15.2. The number of hydrogen-bond acceptors (Lipinski definition) is 6. The van der Waals surface area contributed by atoms with Crippen molar-refractivity contribution >= 4 is 17.7 Å². The van der Waals surface area contributed by atoms with E-state index in [9.17, 15) is 4.79 Å². The summed E-state index contributed by atoms with van der Waals surface area (Å²) in [4.78, 5) is 19.0. The minimum absolute atomic E-state index is 0.00336. The van der Waals surface area contributed by atoms with E-state index in [2.05, 4.69) is 15.2 Å². The summed E-state index contributed by atoms with van der Waals surface area (Å²) in [5.41, 5.74) is 2.93. The van der Waals surface area contributed by atoms with Crippen LogP contribution in [-0.4, -0.2) is 36.4 Å². The maximum absolute atomic E-state index is 13.1. The van der Waals surface area contributed by atoms with Crippen LogP contribution in [0.15, 0.2) is 90.3 Å². The molecule has 4 aromatic rings. The molecule has 0 spiro atoms. The molecule has 2 N–H and O–H groups in total. The van der Waals surface area contributed by atoms with E-state index < -0.39 is 0 Å². The fraction of sp³-hybridized carbons (Fsp3) is 0.130. The van der Waals surface area contributed by atoms with Crippen LogP contribution in [-0.2, 0) is 17.9 Å². The molecule has 7 nitrogen and oxygen atoms in total. The van der Waals surface area contributed by atoms with Gasteiger partial charge in [-0.15, -0.1) is 10.2 Å². The van der Waals surface area contributed by atoms with E-state index in [1.54, 1.807) is 12.4 Å². The van der Waals surface area contributed by atoms with Crippen molar-refractivity contribution in [1.29, 1.82) is 0 Å². The summed E-state index contributed by atoms with van der Waals surface area (Å²) in [6, 6.07) is 23.6. The van der Waals surface area contributed by atoms with Gasteiger partial charge in [0.05, 0.1) is 5.75 Å². The standard InChI is InChI=1S/C23H22N6OS/c24-29-22(20-12-7-13-25-14-20)26-27-23(29)31-17-21(30)28(15-18-8-3-1-4-9-18)16-19-10-5-2-6-11-19/h1-14H,15-17,24H2. The lowest BCUT2D eigenvalue weighted by Gasteiger charge is -2.23. The van der Waals surface area contributed by atoms with Gasteiger partial charge in [-0.3, -0.25) is 9.78 Å². The average Bonchev–Trinajstić information content (AvgIpc) is 3.19. The minimum atomic E-state index is 0.00336. The van der Waals surface area contributed by atoms with E-state index in [0.29, 0.717) is 24.1 Å². The molecule has 0 fully saturated rings. The van der Waals surface area contributed by atoms with Crippen molar-refractivity contribution in [2.24, 2.45) is 0 Å². The second-order valence-corrected chi connectivity index (χ2v) is 7.87. The fourth-order valence-electron chi connectivity index (χ4n) is 3.12. The van der Waals surface area contributed by atoms with Crippen molar-refractivity contribution in [1.82, 2.24) is 24.8 Å². The highest BCUT2D eigenvalue weighted by Crippen LogP contribution is 2.22. The van der Waals surface area contributed by atoms with Gasteiger partial charge in [0.2, 0.25) is 11.1 Å². The zero-order chi connectivity index (χ0) is 21.5. The van der Waals surface area contributed by atoms with E-state index in [1.165, 1.54) is 16.4 Å². The Morgan fingerprint density at radius 1 is 0.903 bits per heavy atom. The zero-order valence-corrected chi connectivity index (χ0v) is 17.7. The van der Waals surface area contributed by atoms with E-state index in [-0.39, 0.29) is 11.7 Å². The zero-order valence-electron chi connectivity index (χ0n) is 16.8. The molecule has 156 valence electrons. The Labute approximate surface area is 184 Å². The number of thioether (sulfide) groups is 1. The van der Waals surface area contributed by atoms with Gasteiger partial charge in [-0.25, -0.2) is 4.68 Å². The number of nitrogen functional groups attached to an aromatic ring is 1. The van der Waals surface area contributed by atoms with Crippen molar-refractivity contribution in [3.63, 3.8) is 0 Å². The predicted octanol–water partition coefficient (Wildman–Crippen LogP) is 3.38. The van der Waals surface area contributed by atoms with Crippen molar-refractivity contribution in [2.45, 2.75) is 18.2 Å². The normalized spacial score (nSPS) is 10.7. The highest BCUT2D eigenvalue weighted by atomic mass is 32.2. The molecule has 0 atom stereocenters. The molecule has 8 heteroatoms. The van der Waals surface area contributed by atoms with Gasteiger partial charge >= 0.3 is 0 Å². The minimum Gasteiger partial charge on any atom is -0.335 e. The number of hydrogen-bond donors (Lipinski definition) is 1. The molecule has 0 saturated carbocycles. The Hall–Kier alpha value is -3.65. The fourth-order valence-corrected chi connectivity index (χ4v) is 3.88. The maximum atomic E-state index is 13.1. The van der Waals surface area contributed by atoms with E-state index in [4.69, 9.17) is 5.84 Å². The summed E-state index contributed by atoms with van der Waals surface area (Å²) in [5, 5.41) is 8.77. The first kappa shape index (κ1) is 20.6. The van der Waals surface area contributed by atoms with E-state index >= 15 is 0 Å². The van der Waals surface area contributed by atoms with Gasteiger partial charge in [0, 0.05) is 31.0 Å². The second kappa shape index (κ2) is 9.90. The number of benzene rings is 2. The number of aromatic nitrogens is 4. The van der Waals surface area contributed by atoms with Crippen LogP contribution in [0.2, 0.25) is 0 Å². The monoisotopic (exact) mass is 430 g/mol. The summed E-state index contributed by atoms with van der Waals surface area (Å²) in [7, 11) is 0. The third-order valence-corrected chi connectivity index (χ3v) is 5.62. The Bertz CT molecular complexity index is 1080. The van der Waals surface area contributed by atoms with E-state index in [1.807, 2.05) is 77.7 Å². The Balaban J connectivity index is 1.46. The van der Waals surface area contributed by atoms with Crippen LogP contribution >= 0.6 is 11.8 Å². The van der Waals surface area contributed by atoms with E-state index in [0.717, 1.165) is 16.7 Å². The quantitative estimate of drug-likeness (QED) is 0.340. The topological polar surface area (TPSA) is 89.9 Å². The number of amides is 1. The van der Waals surface area contributed by atoms with Gasteiger partial charge in [0.15, 0.2) is 5.82 Å². The van der Waals surface area contributed by atoms with Crippen molar-refractivity contribution in [3.8, 4) is 11.4 Å². The number of carbonyl (C=O) groups is 1. The van der Waals surface area contributed by atoms with Gasteiger partial charge in [0.1, 0.15) is 0 Å². The van der Waals surface area contributed by atoms with Crippen molar-refractivity contribution < 1.29 is 4.79 Å². The molecule has 2 aromatic heterocycles. The molecule has 2 heterocycles. The number of pyridine rings is 1. The Morgan fingerprint density at radius 3 is 2.13 bits per heavy atom. The third kappa shape index (κ3) is 5.29. The molecule has 0 saturated heterocycles. The lowest BCUT2D eigenvalue weighted by atomic mass is 10.1. The highest BCUT2D eigenvalue weighted by Gasteiger charge is 2.18. The van der Waals surface area contributed by atoms with Crippen LogP contribution in [0.1, 0.15) is 11.1 Å². The van der Waals surface area contributed by atoms with Crippen LogP contribution in [0.3, 0.4) is 0 Å². The van der Waals surface area contributed by atoms with Gasteiger partial charge < -0.3 is 10.7 Å². The van der Waals surface area contributed by atoms with Crippen molar-refractivity contribution in [3.05, 3.63) is 96.3 Å². The summed E-state index contributed by atoms with van der Waals surface area (Å²) in [6.45, 7) is 1.07. The van der Waals surface area contributed by atoms with Crippen LogP contribution in [0.4, 0.5) is 0 Å². The van der Waals surface area contributed by atoms with Crippen LogP contribution < -0.4 is 5.84 Å². The smallest absolute Gasteiger partial charge is 0.233 e. The lowest BCUT2D eigenvalue weighted by Crippen LogP contribution is -2.31. The van der Waals surface area contributed by atoms with Gasteiger partial charge in [-0.1, -0.05) is 72.4 Å². The van der Waals surface area contributed by atoms with Crippen LogP contribution in [0, 0.1) is 0 Å². The first-order valence-corrected chi connectivity index (χ1v) is 10.8. The predicted molar refractivity (Wildman–Crippen MR) is 121 cm³/mol. The third-order valence-electron chi connectivity index (χ3n) is 4.69. The highest BCUT2D eigenvalue weighted by molar-refractivity contribution is 7.99. The molecule has 0 bridgehead atoms. The second-order valence-electron chi connectivity index (χ2n) is 6.93. The number of nitrogens with zero attached hydrogens (tertiary/aromatic N) is 5. The SMILES string of the molecule is Nn1c(SCC(=O)N(Cc2ccccc2)Cc2ccccc2)nnc1-c1cccnc1. The average molecular weight is 431 g/mol. The molecular formula is C23H22N6OS.